The van der Waals surface area contributed by atoms with E-state index in [9.17, 15) is 4.39 Å². The molecule has 0 radical (unpaired) electrons. The van der Waals surface area contributed by atoms with Crippen LogP contribution < -0.4 is 5.32 Å². The average Bonchev–Trinajstić information content (AvgIpc) is 2.34. The number of pyridine rings is 1. The molecule has 0 saturated heterocycles. The summed E-state index contributed by atoms with van der Waals surface area (Å²) < 4.78 is 13.9. The molecule has 2 rings (SSSR count). The van der Waals surface area contributed by atoms with E-state index in [2.05, 4.69) is 10.3 Å². The van der Waals surface area contributed by atoms with E-state index in [1.807, 2.05) is 53.8 Å². The first-order valence-corrected chi connectivity index (χ1v) is 6.85. The fourth-order valence-electron chi connectivity index (χ4n) is 1.62. The maximum Gasteiger partial charge on any atom is 0.141 e. The highest BCUT2D eigenvalue weighted by Gasteiger charge is 2.10. The SMILES string of the molecule is CC(Nc1cc(F)c(I)cn1)c1ccccc1Cl. The predicted molar refractivity (Wildman–Crippen MR) is 80.4 cm³/mol. The van der Waals surface area contributed by atoms with E-state index in [-0.39, 0.29) is 11.9 Å². The van der Waals surface area contributed by atoms with Crippen LogP contribution in [0.1, 0.15) is 18.5 Å². The quantitative estimate of drug-likeness (QED) is 0.789. The number of benzene rings is 1. The van der Waals surface area contributed by atoms with Crippen LogP contribution in [0.5, 0.6) is 0 Å². The molecule has 0 aliphatic heterocycles. The van der Waals surface area contributed by atoms with Crippen molar-refractivity contribution < 1.29 is 4.39 Å². The molecule has 1 N–H and O–H groups in total. The van der Waals surface area contributed by atoms with Gasteiger partial charge in [0.05, 0.1) is 9.61 Å². The highest BCUT2D eigenvalue weighted by atomic mass is 127. The molecule has 0 bridgehead atoms. The molecule has 0 saturated carbocycles. The lowest BCUT2D eigenvalue weighted by Gasteiger charge is -2.16. The van der Waals surface area contributed by atoms with Crippen molar-refractivity contribution in [3.63, 3.8) is 0 Å². The molecule has 2 nitrogen and oxygen atoms in total. The van der Waals surface area contributed by atoms with Crippen LogP contribution in [0.25, 0.3) is 0 Å². The third-order valence-corrected chi connectivity index (χ3v) is 3.68. The highest BCUT2D eigenvalue weighted by Crippen LogP contribution is 2.25. The molecule has 5 heteroatoms. The maximum absolute atomic E-state index is 13.4. The third-order valence-electron chi connectivity index (χ3n) is 2.54. The molecule has 94 valence electrons. The molecule has 1 heterocycles. The van der Waals surface area contributed by atoms with E-state index in [4.69, 9.17) is 11.6 Å². The summed E-state index contributed by atoms with van der Waals surface area (Å²) in [6.07, 6.45) is 1.50. The summed E-state index contributed by atoms with van der Waals surface area (Å²) in [7, 11) is 0. The van der Waals surface area contributed by atoms with Gasteiger partial charge in [0.15, 0.2) is 0 Å². The Bertz CT molecular complexity index is 562. The van der Waals surface area contributed by atoms with E-state index >= 15 is 0 Å². The molecular formula is C13H11ClFIN2. The topological polar surface area (TPSA) is 24.9 Å². The van der Waals surface area contributed by atoms with Crippen molar-refractivity contribution in [2.24, 2.45) is 0 Å². The van der Waals surface area contributed by atoms with Gasteiger partial charge in [0.1, 0.15) is 11.6 Å². The normalized spacial score (nSPS) is 12.2. The van der Waals surface area contributed by atoms with Crippen molar-refractivity contribution in [3.05, 3.63) is 56.5 Å². The van der Waals surface area contributed by atoms with Gasteiger partial charge in [-0.3, -0.25) is 0 Å². The third kappa shape index (κ3) is 3.11. The van der Waals surface area contributed by atoms with Gasteiger partial charge in [0.25, 0.3) is 0 Å². The Morgan fingerprint density at radius 3 is 2.78 bits per heavy atom. The Morgan fingerprint density at radius 2 is 2.11 bits per heavy atom. The van der Waals surface area contributed by atoms with Gasteiger partial charge in [-0.25, -0.2) is 9.37 Å². The summed E-state index contributed by atoms with van der Waals surface area (Å²) in [6, 6.07) is 8.91. The Morgan fingerprint density at radius 1 is 1.39 bits per heavy atom. The van der Waals surface area contributed by atoms with Crippen LogP contribution in [0, 0.1) is 9.39 Å². The molecule has 0 fully saturated rings. The van der Waals surface area contributed by atoms with Gasteiger partial charge < -0.3 is 5.32 Å². The summed E-state index contributed by atoms with van der Waals surface area (Å²) in [6.45, 7) is 1.96. The zero-order valence-corrected chi connectivity index (χ0v) is 12.5. The zero-order valence-electron chi connectivity index (χ0n) is 9.62. The standard InChI is InChI=1S/C13H11ClFIN2/c1-8(9-4-2-3-5-10(9)14)18-13-6-11(15)12(16)7-17-13/h2-8H,1H3,(H,17,18). The molecule has 0 amide bonds. The molecule has 0 aliphatic carbocycles. The summed E-state index contributed by atoms with van der Waals surface area (Å²) in [4.78, 5) is 4.13. The molecule has 1 atom stereocenters. The van der Waals surface area contributed by atoms with Gasteiger partial charge in [-0.05, 0) is 41.1 Å². The molecular weight excluding hydrogens is 366 g/mol. The predicted octanol–water partition coefficient (Wildman–Crippen LogP) is 4.65. The first kappa shape index (κ1) is 13.5. The van der Waals surface area contributed by atoms with Gasteiger partial charge >= 0.3 is 0 Å². The van der Waals surface area contributed by atoms with E-state index in [1.54, 1.807) is 0 Å². The molecule has 1 unspecified atom stereocenters. The van der Waals surface area contributed by atoms with Crippen molar-refractivity contribution in [2.75, 3.05) is 5.32 Å². The number of hydrogen-bond acceptors (Lipinski definition) is 2. The summed E-state index contributed by atoms with van der Waals surface area (Å²) >= 11 is 8.01. The van der Waals surface area contributed by atoms with Gasteiger partial charge in [-0.2, -0.15) is 0 Å². The zero-order chi connectivity index (χ0) is 13.1. The molecule has 2 aromatic rings. The van der Waals surface area contributed by atoms with Gasteiger partial charge in [-0.1, -0.05) is 29.8 Å². The minimum atomic E-state index is -0.278. The lowest BCUT2D eigenvalue weighted by Crippen LogP contribution is -2.08. The van der Waals surface area contributed by atoms with Gasteiger partial charge in [0, 0.05) is 17.3 Å². The molecule has 0 aliphatic rings. The van der Waals surface area contributed by atoms with E-state index in [0.29, 0.717) is 14.4 Å². The van der Waals surface area contributed by atoms with E-state index in [1.165, 1.54) is 12.3 Å². The van der Waals surface area contributed by atoms with Crippen LogP contribution in [0.3, 0.4) is 0 Å². The second kappa shape index (κ2) is 5.84. The second-order valence-corrected chi connectivity index (χ2v) is 5.44. The number of aromatic nitrogens is 1. The fraction of sp³-hybridized carbons (Fsp3) is 0.154. The average molecular weight is 377 g/mol. The minimum Gasteiger partial charge on any atom is -0.363 e. The van der Waals surface area contributed by atoms with Crippen LogP contribution >= 0.6 is 34.2 Å². The van der Waals surface area contributed by atoms with E-state index in [0.717, 1.165) is 5.56 Å². The lowest BCUT2D eigenvalue weighted by atomic mass is 10.1. The van der Waals surface area contributed by atoms with Gasteiger partial charge in [0.2, 0.25) is 0 Å². The van der Waals surface area contributed by atoms with Crippen molar-refractivity contribution >= 4 is 40.0 Å². The van der Waals surface area contributed by atoms with Crippen molar-refractivity contribution in [1.29, 1.82) is 0 Å². The smallest absolute Gasteiger partial charge is 0.141 e. The number of halogens is 3. The first-order valence-electron chi connectivity index (χ1n) is 5.40. The summed E-state index contributed by atoms with van der Waals surface area (Å²) in [5.74, 6) is 0.222. The molecule has 1 aromatic heterocycles. The van der Waals surface area contributed by atoms with Crippen LogP contribution in [0.4, 0.5) is 10.2 Å². The largest absolute Gasteiger partial charge is 0.363 e. The Hall–Kier alpha value is -0.880. The first-order chi connectivity index (χ1) is 8.58. The summed E-state index contributed by atoms with van der Waals surface area (Å²) in [5.41, 5.74) is 0.958. The molecule has 18 heavy (non-hydrogen) atoms. The lowest BCUT2D eigenvalue weighted by molar-refractivity contribution is 0.618. The van der Waals surface area contributed by atoms with Crippen molar-refractivity contribution in [2.45, 2.75) is 13.0 Å². The Kier molecular flexibility index (Phi) is 4.40. The Balaban J connectivity index is 2.19. The number of nitrogens with zero attached hydrogens (tertiary/aromatic N) is 1. The number of hydrogen-bond donors (Lipinski definition) is 1. The number of anilines is 1. The number of nitrogens with one attached hydrogen (secondary N) is 1. The van der Waals surface area contributed by atoms with Crippen LogP contribution in [-0.4, -0.2) is 4.98 Å². The molecule has 1 aromatic carbocycles. The minimum absolute atomic E-state index is 0.0364. The van der Waals surface area contributed by atoms with Crippen molar-refractivity contribution in [1.82, 2.24) is 4.98 Å². The van der Waals surface area contributed by atoms with Crippen LogP contribution in [0.15, 0.2) is 36.5 Å². The summed E-state index contributed by atoms with van der Waals surface area (Å²) in [5, 5.41) is 3.81. The monoisotopic (exact) mass is 376 g/mol. The molecule has 0 spiro atoms. The fourth-order valence-corrected chi connectivity index (χ4v) is 2.21. The van der Waals surface area contributed by atoms with Crippen molar-refractivity contribution in [3.8, 4) is 0 Å². The van der Waals surface area contributed by atoms with Gasteiger partial charge in [-0.15, -0.1) is 0 Å². The maximum atomic E-state index is 13.4. The van der Waals surface area contributed by atoms with Crippen LogP contribution in [-0.2, 0) is 0 Å². The van der Waals surface area contributed by atoms with E-state index < -0.39 is 0 Å². The highest BCUT2D eigenvalue weighted by molar-refractivity contribution is 14.1. The second-order valence-electron chi connectivity index (χ2n) is 3.87. The Labute approximate surface area is 124 Å². The number of rotatable bonds is 3. The van der Waals surface area contributed by atoms with Crippen LogP contribution in [0.2, 0.25) is 5.02 Å².